The topological polar surface area (TPSA) is 36.1 Å². The molecule has 46 heavy (non-hydrogen) atoms. The lowest BCUT2D eigenvalue weighted by Gasteiger charge is -2.09. The van der Waals surface area contributed by atoms with E-state index in [1.807, 2.05) is 24.3 Å². The number of nitrogens with zero attached hydrogens (tertiary/aromatic N) is 2. The Balaban J connectivity index is 1.22. The molecule has 11 rings (SSSR count). The van der Waals surface area contributed by atoms with E-state index in [1.165, 1.54) is 43.6 Å². The van der Waals surface area contributed by atoms with Gasteiger partial charge in [-0.3, -0.25) is 0 Å². The Hall–Kier alpha value is -6.26. The largest absolute Gasteiger partial charge is 0.456 e. The average Bonchev–Trinajstić information content (AvgIpc) is 3.84. The van der Waals surface area contributed by atoms with E-state index >= 15 is 0 Å². The van der Waals surface area contributed by atoms with Gasteiger partial charge in [0.15, 0.2) is 0 Å². The Morgan fingerprint density at radius 1 is 0.283 bits per heavy atom. The first-order valence-corrected chi connectivity index (χ1v) is 15.6. The van der Waals surface area contributed by atoms with E-state index < -0.39 is 0 Å². The van der Waals surface area contributed by atoms with Crippen LogP contribution in [0.4, 0.5) is 0 Å². The van der Waals surface area contributed by atoms with Crippen LogP contribution in [0.25, 0.3) is 98.9 Å². The number of aromatic nitrogens is 2. The average molecular weight is 589 g/mol. The molecule has 4 heterocycles. The highest BCUT2D eigenvalue weighted by atomic mass is 16.3. The first-order valence-electron chi connectivity index (χ1n) is 15.6. The molecule has 0 atom stereocenters. The zero-order chi connectivity index (χ0) is 29.9. The maximum absolute atomic E-state index is 6.32. The Morgan fingerprint density at radius 3 is 1.15 bits per heavy atom. The number of fused-ring (bicyclic) bond motifs is 12. The molecule has 0 saturated carbocycles. The quantitative estimate of drug-likeness (QED) is 0.201. The number of benzene rings is 7. The molecule has 0 aliphatic carbocycles. The minimum absolute atomic E-state index is 0.892. The van der Waals surface area contributed by atoms with Crippen molar-refractivity contribution in [2.75, 3.05) is 0 Å². The van der Waals surface area contributed by atoms with Crippen LogP contribution in [-0.2, 0) is 0 Å². The van der Waals surface area contributed by atoms with E-state index in [9.17, 15) is 0 Å². The summed E-state index contributed by atoms with van der Waals surface area (Å²) < 4.78 is 17.4. The summed E-state index contributed by atoms with van der Waals surface area (Å²) in [5.41, 5.74) is 10.4. The second kappa shape index (κ2) is 8.68. The van der Waals surface area contributed by atoms with Crippen LogP contribution >= 0.6 is 0 Å². The first-order chi connectivity index (χ1) is 22.8. The lowest BCUT2D eigenvalue weighted by atomic mass is 10.1. The predicted molar refractivity (Wildman–Crippen MR) is 190 cm³/mol. The molecule has 4 aromatic heterocycles. The fourth-order valence-electron chi connectivity index (χ4n) is 7.69. The Bertz CT molecular complexity index is 2830. The second-order valence-corrected chi connectivity index (χ2v) is 12.1. The minimum atomic E-state index is 0.892. The highest BCUT2D eigenvalue weighted by Gasteiger charge is 2.19. The smallest absolute Gasteiger partial charge is 0.137 e. The molecule has 0 fully saturated rings. The maximum atomic E-state index is 6.32. The number of para-hydroxylation sites is 4. The fraction of sp³-hybridized carbons (Fsp3) is 0. The molecular weight excluding hydrogens is 564 g/mol. The molecule has 0 amide bonds. The maximum Gasteiger partial charge on any atom is 0.137 e. The van der Waals surface area contributed by atoms with Crippen LogP contribution < -0.4 is 0 Å². The third-order valence-electron chi connectivity index (χ3n) is 9.71. The molecule has 7 aromatic carbocycles. The molecule has 0 bridgehead atoms. The van der Waals surface area contributed by atoms with Crippen molar-refractivity contribution in [3.63, 3.8) is 0 Å². The number of rotatable bonds is 2. The third kappa shape index (κ3) is 3.12. The lowest BCUT2D eigenvalue weighted by molar-refractivity contribution is 0.668. The zero-order valence-electron chi connectivity index (χ0n) is 24.6. The van der Waals surface area contributed by atoms with Crippen molar-refractivity contribution in [3.05, 3.63) is 146 Å². The molecular formula is C42H24N2O2. The van der Waals surface area contributed by atoms with Gasteiger partial charge in [0, 0.05) is 66.6 Å². The summed E-state index contributed by atoms with van der Waals surface area (Å²) >= 11 is 0. The van der Waals surface area contributed by atoms with Crippen molar-refractivity contribution in [2.24, 2.45) is 0 Å². The van der Waals surface area contributed by atoms with Crippen LogP contribution in [0.15, 0.2) is 154 Å². The molecule has 0 aliphatic heterocycles. The first kappa shape index (κ1) is 24.1. The summed E-state index contributed by atoms with van der Waals surface area (Å²) in [6, 6.07) is 51.8. The van der Waals surface area contributed by atoms with Gasteiger partial charge in [0.25, 0.3) is 0 Å². The normalized spacial score (nSPS) is 12.3. The van der Waals surface area contributed by atoms with E-state index in [4.69, 9.17) is 8.83 Å². The van der Waals surface area contributed by atoms with Crippen LogP contribution in [0, 0.1) is 0 Å². The van der Waals surface area contributed by atoms with Crippen LogP contribution in [-0.4, -0.2) is 9.13 Å². The number of hydrogen-bond donors (Lipinski definition) is 0. The molecule has 11 aromatic rings. The van der Waals surface area contributed by atoms with Gasteiger partial charge in [-0.15, -0.1) is 0 Å². The van der Waals surface area contributed by atoms with Gasteiger partial charge in [0.2, 0.25) is 0 Å². The number of furan rings is 2. The Kier molecular flexibility index (Phi) is 4.55. The predicted octanol–water partition coefficient (Wildman–Crippen LogP) is 11.7. The summed E-state index contributed by atoms with van der Waals surface area (Å²) in [6.07, 6.45) is 0. The molecule has 0 spiro atoms. The van der Waals surface area contributed by atoms with Crippen molar-refractivity contribution < 1.29 is 8.83 Å². The van der Waals surface area contributed by atoms with Crippen molar-refractivity contribution >= 4 is 87.5 Å². The van der Waals surface area contributed by atoms with Crippen LogP contribution in [0.3, 0.4) is 0 Å². The molecule has 4 nitrogen and oxygen atoms in total. The van der Waals surface area contributed by atoms with Gasteiger partial charge in [-0.2, -0.15) is 0 Å². The van der Waals surface area contributed by atoms with Gasteiger partial charge in [0.1, 0.15) is 22.3 Å². The van der Waals surface area contributed by atoms with Crippen LogP contribution in [0.1, 0.15) is 0 Å². The Labute approximate surface area is 261 Å². The highest BCUT2D eigenvalue weighted by Crippen LogP contribution is 2.41. The van der Waals surface area contributed by atoms with Crippen molar-refractivity contribution in [1.29, 1.82) is 0 Å². The molecule has 0 aliphatic rings. The minimum Gasteiger partial charge on any atom is -0.456 e. The van der Waals surface area contributed by atoms with Gasteiger partial charge in [-0.25, -0.2) is 0 Å². The van der Waals surface area contributed by atoms with Crippen LogP contribution in [0.5, 0.6) is 0 Å². The third-order valence-corrected chi connectivity index (χ3v) is 9.71. The standard InChI is InChI=1S/C42H24N2O2/c1-5-13-35-27(9-1)33-23-38-34(24-37(33)43(35)25-17-19-31-29-11-3-7-15-39(29)45-41(31)21-25)28-10-2-6-14-36(28)44(38)26-18-20-32-30-12-4-8-16-40(30)46-42(32)22-26/h1-24H. The van der Waals surface area contributed by atoms with Crippen molar-refractivity contribution in [1.82, 2.24) is 9.13 Å². The zero-order valence-corrected chi connectivity index (χ0v) is 24.6. The SMILES string of the molecule is c1ccc2c(c1)oc1cc(-n3c4ccccc4c4cc5c(cc43)c3ccccc3n5-c3ccc4c(c3)oc3ccccc34)ccc12. The molecule has 0 saturated heterocycles. The highest BCUT2D eigenvalue weighted by molar-refractivity contribution is 6.19. The summed E-state index contributed by atoms with van der Waals surface area (Å²) in [7, 11) is 0. The summed E-state index contributed by atoms with van der Waals surface area (Å²) in [6.45, 7) is 0. The van der Waals surface area contributed by atoms with Crippen LogP contribution in [0.2, 0.25) is 0 Å². The van der Waals surface area contributed by atoms with Gasteiger partial charge in [-0.05, 0) is 60.7 Å². The van der Waals surface area contributed by atoms with E-state index in [2.05, 4.69) is 130 Å². The van der Waals surface area contributed by atoms with Gasteiger partial charge in [0.05, 0.1) is 22.1 Å². The summed E-state index contributed by atoms with van der Waals surface area (Å²) in [5, 5.41) is 9.40. The fourth-order valence-corrected chi connectivity index (χ4v) is 7.69. The summed E-state index contributed by atoms with van der Waals surface area (Å²) in [4.78, 5) is 0. The van der Waals surface area contributed by atoms with Gasteiger partial charge in [-0.1, -0.05) is 72.8 Å². The molecule has 4 heteroatoms. The monoisotopic (exact) mass is 588 g/mol. The van der Waals surface area contributed by atoms with Gasteiger partial charge >= 0.3 is 0 Å². The molecule has 0 N–H and O–H groups in total. The summed E-state index contributed by atoms with van der Waals surface area (Å²) in [5.74, 6) is 0. The van der Waals surface area contributed by atoms with E-state index in [0.717, 1.165) is 55.3 Å². The van der Waals surface area contributed by atoms with E-state index in [1.54, 1.807) is 0 Å². The second-order valence-electron chi connectivity index (χ2n) is 12.1. The Morgan fingerprint density at radius 2 is 0.674 bits per heavy atom. The molecule has 0 radical (unpaired) electrons. The molecule has 214 valence electrons. The number of hydrogen-bond acceptors (Lipinski definition) is 2. The van der Waals surface area contributed by atoms with Gasteiger partial charge < -0.3 is 18.0 Å². The van der Waals surface area contributed by atoms with Crippen molar-refractivity contribution in [2.45, 2.75) is 0 Å². The lowest BCUT2D eigenvalue weighted by Crippen LogP contribution is -1.94. The van der Waals surface area contributed by atoms with E-state index in [-0.39, 0.29) is 0 Å². The van der Waals surface area contributed by atoms with Crippen molar-refractivity contribution in [3.8, 4) is 11.4 Å². The molecule has 0 unspecified atom stereocenters. The van der Waals surface area contributed by atoms with E-state index in [0.29, 0.717) is 0 Å².